The van der Waals surface area contributed by atoms with Gasteiger partial charge in [-0.3, -0.25) is 4.79 Å². The molecule has 0 aromatic rings. The fourth-order valence-electron chi connectivity index (χ4n) is 5.79. The van der Waals surface area contributed by atoms with Gasteiger partial charge in [0.25, 0.3) is 5.60 Å². The number of rotatable bonds is 8. The molecule has 0 bridgehead atoms. The highest BCUT2D eigenvalue weighted by atomic mass is 19.4. The molecular formula is C23H34F6O3. The van der Waals surface area contributed by atoms with Gasteiger partial charge in [-0.1, -0.05) is 19.4 Å². The Morgan fingerprint density at radius 1 is 1.09 bits per heavy atom. The average Bonchev–Trinajstić information content (AvgIpc) is 2.95. The minimum Gasteiger partial charge on any atom is -0.390 e. The summed E-state index contributed by atoms with van der Waals surface area (Å²) >= 11 is 0. The summed E-state index contributed by atoms with van der Waals surface area (Å²) in [5.74, 6) is -0.201. The number of halogens is 6. The molecular weight excluding hydrogens is 438 g/mol. The third kappa shape index (κ3) is 5.69. The lowest BCUT2D eigenvalue weighted by molar-refractivity contribution is -0.347. The highest BCUT2D eigenvalue weighted by Crippen LogP contribution is 2.58. The molecule has 2 saturated carbocycles. The van der Waals surface area contributed by atoms with Crippen LogP contribution in [0.2, 0.25) is 0 Å². The number of ketones is 1. The van der Waals surface area contributed by atoms with Crippen LogP contribution in [0.3, 0.4) is 0 Å². The Morgan fingerprint density at radius 3 is 2.22 bits per heavy atom. The molecule has 0 aromatic heterocycles. The first-order valence-corrected chi connectivity index (χ1v) is 11.2. The lowest BCUT2D eigenvalue weighted by Gasteiger charge is -2.43. The standard InChI is InChI=1S/C23H34F6O3/c1-19(2,31)12-4-7-15(8-5-14-21(32,22(24,25)26)23(27,28)29)16-10-11-17-18(30)9-6-13-20(16,17)3/h5,14-17,31-32H,4,6-13H2,1-3H3/b14-5+/t15?,16-,17?,20-/m1/s1. The van der Waals surface area contributed by atoms with Crippen LogP contribution in [0.15, 0.2) is 12.2 Å². The molecule has 9 heteroatoms. The van der Waals surface area contributed by atoms with Crippen molar-refractivity contribution in [3.63, 3.8) is 0 Å². The minimum atomic E-state index is -5.89. The molecule has 32 heavy (non-hydrogen) atoms. The molecule has 0 saturated heterocycles. The molecule has 2 N–H and O–H groups in total. The number of allylic oxidation sites excluding steroid dienone is 1. The molecule has 2 fully saturated rings. The maximum Gasteiger partial charge on any atom is 0.429 e. The second-order valence-corrected chi connectivity index (χ2v) is 10.4. The fourth-order valence-corrected chi connectivity index (χ4v) is 5.79. The quantitative estimate of drug-likeness (QED) is 0.330. The van der Waals surface area contributed by atoms with E-state index in [4.69, 9.17) is 0 Å². The van der Waals surface area contributed by atoms with Crippen LogP contribution in [0.1, 0.15) is 78.6 Å². The largest absolute Gasteiger partial charge is 0.429 e. The third-order valence-corrected chi connectivity index (χ3v) is 7.53. The van der Waals surface area contributed by atoms with Crippen LogP contribution in [0.4, 0.5) is 26.3 Å². The zero-order valence-electron chi connectivity index (χ0n) is 18.8. The molecule has 2 rings (SSSR count). The van der Waals surface area contributed by atoms with Crippen molar-refractivity contribution in [1.82, 2.24) is 0 Å². The van der Waals surface area contributed by atoms with Crippen LogP contribution in [0.25, 0.3) is 0 Å². The van der Waals surface area contributed by atoms with Crippen molar-refractivity contribution in [2.24, 2.45) is 23.2 Å². The highest BCUT2D eigenvalue weighted by molar-refractivity contribution is 5.83. The maximum absolute atomic E-state index is 13.0. The summed E-state index contributed by atoms with van der Waals surface area (Å²) in [6.07, 6.45) is -6.33. The smallest absolute Gasteiger partial charge is 0.390 e. The normalized spacial score (nSPS) is 28.9. The topological polar surface area (TPSA) is 57.5 Å². The molecule has 2 unspecified atom stereocenters. The second-order valence-electron chi connectivity index (χ2n) is 10.4. The van der Waals surface area contributed by atoms with E-state index in [1.165, 1.54) is 0 Å². The van der Waals surface area contributed by atoms with Gasteiger partial charge >= 0.3 is 12.4 Å². The van der Waals surface area contributed by atoms with Gasteiger partial charge in [0.2, 0.25) is 0 Å². The molecule has 2 aliphatic carbocycles. The van der Waals surface area contributed by atoms with Crippen molar-refractivity contribution in [3.05, 3.63) is 12.2 Å². The van der Waals surface area contributed by atoms with E-state index in [0.717, 1.165) is 18.9 Å². The zero-order valence-corrected chi connectivity index (χ0v) is 18.8. The average molecular weight is 473 g/mol. The molecule has 0 radical (unpaired) electrons. The molecule has 0 heterocycles. The number of hydrogen-bond donors (Lipinski definition) is 2. The van der Waals surface area contributed by atoms with E-state index in [0.29, 0.717) is 38.5 Å². The first-order valence-electron chi connectivity index (χ1n) is 11.2. The highest BCUT2D eigenvalue weighted by Gasteiger charge is 2.69. The molecule has 0 aliphatic heterocycles. The van der Waals surface area contributed by atoms with Gasteiger partial charge in [0.1, 0.15) is 5.78 Å². The molecule has 0 spiro atoms. The second kappa shape index (κ2) is 9.28. The Bertz CT molecular complexity index is 677. The SMILES string of the molecule is CC(C)(O)CCCC(C/C=C/C(O)(C(F)(F)F)C(F)(F)F)[C@H]1CCC2C(=O)CCC[C@@]21C. The van der Waals surface area contributed by atoms with Crippen LogP contribution >= 0.6 is 0 Å². The summed E-state index contributed by atoms with van der Waals surface area (Å²) < 4.78 is 78.0. The summed E-state index contributed by atoms with van der Waals surface area (Å²) in [5.41, 5.74) is -6.16. The van der Waals surface area contributed by atoms with Gasteiger partial charge in [-0.05, 0) is 82.1 Å². The fraction of sp³-hybridized carbons (Fsp3) is 0.870. The van der Waals surface area contributed by atoms with Gasteiger partial charge in [0, 0.05) is 12.3 Å². The van der Waals surface area contributed by atoms with Gasteiger partial charge in [0.15, 0.2) is 0 Å². The van der Waals surface area contributed by atoms with Gasteiger partial charge in [0.05, 0.1) is 5.60 Å². The number of aliphatic hydroxyl groups is 2. The van der Waals surface area contributed by atoms with Crippen molar-refractivity contribution in [2.45, 2.75) is 102 Å². The van der Waals surface area contributed by atoms with E-state index >= 15 is 0 Å². The monoisotopic (exact) mass is 472 g/mol. The van der Waals surface area contributed by atoms with Gasteiger partial charge < -0.3 is 10.2 Å². The summed E-state index contributed by atoms with van der Waals surface area (Å²) in [6.45, 7) is 5.30. The van der Waals surface area contributed by atoms with Crippen LogP contribution in [-0.2, 0) is 4.79 Å². The van der Waals surface area contributed by atoms with Crippen LogP contribution in [-0.4, -0.2) is 39.6 Å². The summed E-state index contributed by atoms with van der Waals surface area (Å²) in [5, 5.41) is 19.4. The molecule has 0 amide bonds. The number of alkyl halides is 6. The van der Waals surface area contributed by atoms with Crippen molar-refractivity contribution < 1.29 is 41.4 Å². The molecule has 4 atom stereocenters. The summed E-state index contributed by atoms with van der Waals surface area (Å²) in [7, 11) is 0. The van der Waals surface area contributed by atoms with E-state index in [-0.39, 0.29) is 41.4 Å². The number of fused-ring (bicyclic) bond motifs is 1. The Morgan fingerprint density at radius 2 is 1.69 bits per heavy atom. The lowest BCUT2D eigenvalue weighted by Crippen LogP contribution is -2.55. The number of carbonyl (C=O) groups is 1. The first-order chi connectivity index (χ1) is 14.4. The first kappa shape index (κ1) is 27.2. The van der Waals surface area contributed by atoms with E-state index in [9.17, 15) is 41.4 Å². The molecule has 186 valence electrons. The zero-order chi connectivity index (χ0) is 24.6. The van der Waals surface area contributed by atoms with Crippen LogP contribution in [0, 0.1) is 23.2 Å². The predicted molar refractivity (Wildman–Crippen MR) is 108 cm³/mol. The lowest BCUT2D eigenvalue weighted by atomic mass is 9.61. The van der Waals surface area contributed by atoms with Crippen molar-refractivity contribution in [1.29, 1.82) is 0 Å². The third-order valence-electron chi connectivity index (χ3n) is 7.53. The van der Waals surface area contributed by atoms with E-state index in [1.54, 1.807) is 13.8 Å². The molecule has 2 aliphatic rings. The van der Waals surface area contributed by atoms with Crippen LogP contribution in [0.5, 0.6) is 0 Å². The van der Waals surface area contributed by atoms with E-state index < -0.39 is 23.6 Å². The van der Waals surface area contributed by atoms with Gasteiger partial charge in [-0.15, -0.1) is 0 Å². The van der Waals surface area contributed by atoms with Gasteiger partial charge in [-0.25, -0.2) is 0 Å². The predicted octanol–water partition coefficient (Wildman–Crippen LogP) is 6.13. The van der Waals surface area contributed by atoms with Crippen molar-refractivity contribution in [2.75, 3.05) is 0 Å². The molecule has 3 nitrogen and oxygen atoms in total. The van der Waals surface area contributed by atoms with Crippen molar-refractivity contribution in [3.8, 4) is 0 Å². The summed E-state index contributed by atoms with van der Waals surface area (Å²) in [4.78, 5) is 12.4. The number of carbonyl (C=O) groups excluding carboxylic acids is 1. The van der Waals surface area contributed by atoms with Crippen molar-refractivity contribution >= 4 is 5.78 Å². The maximum atomic E-state index is 13.0. The van der Waals surface area contributed by atoms with Gasteiger partial charge in [-0.2, -0.15) is 26.3 Å². The van der Waals surface area contributed by atoms with E-state index in [2.05, 4.69) is 0 Å². The Hall–Kier alpha value is -1.09. The Balaban J connectivity index is 2.26. The number of hydrogen-bond acceptors (Lipinski definition) is 3. The summed E-state index contributed by atoms with van der Waals surface area (Å²) in [6, 6.07) is 0. The van der Waals surface area contributed by atoms with E-state index in [1.807, 2.05) is 6.92 Å². The Labute approximate surface area is 185 Å². The minimum absolute atomic E-state index is 0.0203. The number of Topliss-reactive ketones (excluding diaryl/α,β-unsaturated/α-hetero) is 1. The molecule has 0 aromatic carbocycles. The Kier molecular flexibility index (Phi) is 7.87. The van der Waals surface area contributed by atoms with Crippen LogP contribution < -0.4 is 0 Å².